The van der Waals surface area contributed by atoms with Crippen molar-refractivity contribution in [2.75, 3.05) is 7.11 Å². The fourth-order valence-corrected chi connectivity index (χ4v) is 1.31. The highest BCUT2D eigenvalue weighted by Crippen LogP contribution is 2.27. The second kappa shape index (κ2) is 3.11. The van der Waals surface area contributed by atoms with Crippen LogP contribution in [0.25, 0.3) is 11.0 Å². The third-order valence-corrected chi connectivity index (χ3v) is 1.86. The van der Waals surface area contributed by atoms with Crippen molar-refractivity contribution in [1.82, 2.24) is 0 Å². The van der Waals surface area contributed by atoms with Gasteiger partial charge in [0.05, 0.1) is 0 Å². The molecule has 0 atom stereocenters. The molecule has 2 rings (SSSR count). The fraction of sp³-hybridized carbons (Fsp3) is 0.200. The summed E-state index contributed by atoms with van der Waals surface area (Å²) in [6, 6.07) is 7.13. The molecule has 0 radical (unpaired) electrons. The number of phenolic OH excluding ortho intramolecular Hbond substituents is 1. The number of methoxy groups -OCH3 is 1. The molecular weight excluding hydrogens is 168 g/mol. The monoisotopic (exact) mass is 178 g/mol. The molecule has 1 heterocycles. The molecule has 0 aliphatic rings. The van der Waals surface area contributed by atoms with Crippen LogP contribution in [0.2, 0.25) is 0 Å². The van der Waals surface area contributed by atoms with Crippen LogP contribution in [0.1, 0.15) is 5.76 Å². The van der Waals surface area contributed by atoms with Gasteiger partial charge in [0.1, 0.15) is 12.4 Å². The van der Waals surface area contributed by atoms with Gasteiger partial charge in [0.15, 0.2) is 11.3 Å². The van der Waals surface area contributed by atoms with Crippen LogP contribution in [0.15, 0.2) is 28.7 Å². The number of furan rings is 1. The number of benzene rings is 1. The number of hydrogen-bond acceptors (Lipinski definition) is 3. The van der Waals surface area contributed by atoms with Gasteiger partial charge < -0.3 is 14.3 Å². The van der Waals surface area contributed by atoms with Crippen molar-refractivity contribution in [2.24, 2.45) is 0 Å². The summed E-state index contributed by atoms with van der Waals surface area (Å²) in [5.41, 5.74) is 0.523. The van der Waals surface area contributed by atoms with Crippen LogP contribution in [0, 0.1) is 0 Å². The average molecular weight is 178 g/mol. The smallest absolute Gasteiger partial charge is 0.175 e. The first kappa shape index (κ1) is 8.13. The first-order valence-electron chi connectivity index (χ1n) is 4.00. The Morgan fingerprint density at radius 2 is 2.31 bits per heavy atom. The number of hydrogen-bond donors (Lipinski definition) is 1. The summed E-state index contributed by atoms with van der Waals surface area (Å²) >= 11 is 0. The van der Waals surface area contributed by atoms with Crippen LogP contribution in [0.5, 0.6) is 5.75 Å². The molecule has 68 valence electrons. The van der Waals surface area contributed by atoms with E-state index in [0.717, 1.165) is 11.1 Å². The van der Waals surface area contributed by atoms with E-state index in [1.807, 2.05) is 12.1 Å². The SMILES string of the molecule is COCc1cc2cccc(O)c2o1. The maximum Gasteiger partial charge on any atom is 0.175 e. The second-order valence-electron chi connectivity index (χ2n) is 2.84. The molecule has 0 aliphatic carbocycles. The maximum absolute atomic E-state index is 9.42. The summed E-state index contributed by atoms with van der Waals surface area (Å²) in [7, 11) is 1.60. The molecular formula is C10H10O3. The van der Waals surface area contributed by atoms with Gasteiger partial charge >= 0.3 is 0 Å². The highest BCUT2D eigenvalue weighted by atomic mass is 16.5. The molecule has 0 saturated carbocycles. The lowest BCUT2D eigenvalue weighted by Gasteiger charge is -1.92. The number of ether oxygens (including phenoxy) is 1. The van der Waals surface area contributed by atoms with E-state index < -0.39 is 0 Å². The van der Waals surface area contributed by atoms with Crippen molar-refractivity contribution in [3.8, 4) is 5.75 Å². The molecule has 0 spiro atoms. The predicted molar refractivity (Wildman–Crippen MR) is 48.6 cm³/mol. The molecule has 1 N–H and O–H groups in total. The lowest BCUT2D eigenvalue weighted by Crippen LogP contribution is -1.81. The normalized spacial score (nSPS) is 10.8. The highest BCUT2D eigenvalue weighted by molar-refractivity contribution is 5.83. The van der Waals surface area contributed by atoms with E-state index >= 15 is 0 Å². The first-order valence-corrected chi connectivity index (χ1v) is 4.00. The highest BCUT2D eigenvalue weighted by Gasteiger charge is 2.06. The summed E-state index contributed by atoms with van der Waals surface area (Å²) in [6.07, 6.45) is 0. The van der Waals surface area contributed by atoms with Crippen molar-refractivity contribution < 1.29 is 14.3 Å². The summed E-state index contributed by atoms with van der Waals surface area (Å²) in [4.78, 5) is 0. The number of phenols is 1. The van der Waals surface area contributed by atoms with Crippen LogP contribution in [-0.4, -0.2) is 12.2 Å². The number of rotatable bonds is 2. The molecule has 1 aromatic heterocycles. The van der Waals surface area contributed by atoms with Gasteiger partial charge in [0.2, 0.25) is 0 Å². The minimum Gasteiger partial charge on any atom is -0.504 e. The van der Waals surface area contributed by atoms with Crippen LogP contribution in [-0.2, 0) is 11.3 Å². The van der Waals surface area contributed by atoms with E-state index in [-0.39, 0.29) is 5.75 Å². The Morgan fingerprint density at radius 3 is 3.00 bits per heavy atom. The minimum atomic E-state index is 0.167. The van der Waals surface area contributed by atoms with E-state index in [0.29, 0.717) is 12.2 Å². The zero-order valence-electron chi connectivity index (χ0n) is 7.28. The molecule has 2 aromatic rings. The third kappa shape index (κ3) is 1.38. The largest absolute Gasteiger partial charge is 0.504 e. The Balaban J connectivity index is 2.55. The molecule has 0 amide bonds. The number of para-hydroxylation sites is 1. The summed E-state index contributed by atoms with van der Waals surface area (Å²) in [5.74, 6) is 0.888. The van der Waals surface area contributed by atoms with E-state index in [2.05, 4.69) is 0 Å². The third-order valence-electron chi connectivity index (χ3n) is 1.86. The van der Waals surface area contributed by atoms with Crippen LogP contribution in [0.4, 0.5) is 0 Å². The van der Waals surface area contributed by atoms with Crippen molar-refractivity contribution >= 4 is 11.0 Å². The molecule has 0 aliphatic heterocycles. The Bertz CT molecular complexity index is 417. The Kier molecular flexibility index (Phi) is 1.94. The minimum absolute atomic E-state index is 0.167. The lowest BCUT2D eigenvalue weighted by molar-refractivity contribution is 0.166. The van der Waals surface area contributed by atoms with Gasteiger partial charge in [-0.2, -0.15) is 0 Å². The zero-order valence-corrected chi connectivity index (χ0v) is 7.28. The predicted octanol–water partition coefficient (Wildman–Crippen LogP) is 2.28. The average Bonchev–Trinajstić information content (AvgIpc) is 2.49. The van der Waals surface area contributed by atoms with Crippen molar-refractivity contribution in [2.45, 2.75) is 6.61 Å². The van der Waals surface area contributed by atoms with Crippen LogP contribution >= 0.6 is 0 Å². The van der Waals surface area contributed by atoms with Crippen LogP contribution < -0.4 is 0 Å². The summed E-state index contributed by atoms with van der Waals surface area (Å²) in [6.45, 7) is 0.425. The molecule has 1 aromatic carbocycles. The maximum atomic E-state index is 9.42. The van der Waals surface area contributed by atoms with E-state index in [4.69, 9.17) is 9.15 Å². The first-order chi connectivity index (χ1) is 6.31. The van der Waals surface area contributed by atoms with Crippen molar-refractivity contribution in [3.05, 3.63) is 30.0 Å². The van der Waals surface area contributed by atoms with Gasteiger partial charge in [-0.1, -0.05) is 12.1 Å². The molecule has 0 unspecified atom stereocenters. The fourth-order valence-electron chi connectivity index (χ4n) is 1.31. The van der Waals surface area contributed by atoms with Gasteiger partial charge in [0.25, 0.3) is 0 Å². The zero-order chi connectivity index (χ0) is 9.26. The summed E-state index contributed by atoms with van der Waals surface area (Å²) < 4.78 is 10.3. The standard InChI is InChI=1S/C10H10O3/c1-12-6-8-5-7-3-2-4-9(11)10(7)13-8/h2-5,11H,6H2,1H3. The molecule has 0 saturated heterocycles. The molecule has 0 bridgehead atoms. The molecule has 3 heteroatoms. The molecule has 13 heavy (non-hydrogen) atoms. The Morgan fingerprint density at radius 1 is 1.46 bits per heavy atom. The molecule has 3 nitrogen and oxygen atoms in total. The van der Waals surface area contributed by atoms with Gasteiger partial charge in [-0.15, -0.1) is 0 Å². The lowest BCUT2D eigenvalue weighted by atomic mass is 10.2. The van der Waals surface area contributed by atoms with Crippen LogP contribution in [0.3, 0.4) is 0 Å². The summed E-state index contributed by atoms with van der Waals surface area (Å²) in [5, 5.41) is 10.3. The van der Waals surface area contributed by atoms with E-state index in [9.17, 15) is 5.11 Å². The van der Waals surface area contributed by atoms with Gasteiger partial charge in [-0.25, -0.2) is 0 Å². The number of fused-ring (bicyclic) bond motifs is 1. The van der Waals surface area contributed by atoms with Crippen molar-refractivity contribution in [1.29, 1.82) is 0 Å². The molecule has 0 fully saturated rings. The van der Waals surface area contributed by atoms with E-state index in [1.165, 1.54) is 0 Å². The Hall–Kier alpha value is -1.48. The topological polar surface area (TPSA) is 42.6 Å². The van der Waals surface area contributed by atoms with E-state index in [1.54, 1.807) is 19.2 Å². The Labute approximate surface area is 75.5 Å². The number of aromatic hydroxyl groups is 1. The second-order valence-corrected chi connectivity index (χ2v) is 2.84. The van der Waals surface area contributed by atoms with Crippen molar-refractivity contribution in [3.63, 3.8) is 0 Å². The quantitative estimate of drug-likeness (QED) is 0.767. The van der Waals surface area contributed by atoms with Gasteiger partial charge in [-0.05, 0) is 12.1 Å². The van der Waals surface area contributed by atoms with Gasteiger partial charge in [-0.3, -0.25) is 0 Å². The van der Waals surface area contributed by atoms with Gasteiger partial charge in [0, 0.05) is 12.5 Å².